The second kappa shape index (κ2) is 41.3. The molecule has 139 heavy (non-hydrogen) atoms. The Bertz CT molecular complexity index is 6640. The van der Waals surface area contributed by atoms with Crippen LogP contribution in [0.2, 0.25) is 0 Å². The Hall–Kier alpha value is -15.4. The first kappa shape index (κ1) is 96.7. The Morgan fingerprint density at radius 1 is 0.223 bits per heavy atom. The van der Waals surface area contributed by atoms with Gasteiger partial charge in [0.2, 0.25) is 0 Å². The Morgan fingerprint density at radius 2 is 0.446 bits per heavy atom. The summed E-state index contributed by atoms with van der Waals surface area (Å²) < 4.78 is 60.8. The van der Waals surface area contributed by atoms with Crippen LogP contribution >= 0.6 is 0 Å². The molecule has 15 aromatic rings. The van der Waals surface area contributed by atoms with Gasteiger partial charge in [0.05, 0.1) is 54.4 Å². The Balaban J connectivity index is 0.000000125. The van der Waals surface area contributed by atoms with E-state index in [-0.39, 0.29) is 122 Å². The molecular formula is C120H119FO18. The summed E-state index contributed by atoms with van der Waals surface area (Å²) in [5.41, 5.74) is 27.3. The maximum absolute atomic E-state index is 13.9. The SMILES string of the molecule is COc1c(C)cc([C@@H]2c3ccc(O)c(C)c3OC[C@@H]2c2ccc(O)cc2)cc1C.COc1ccc([C@@H]2c3ccc(O)c(C)c3OC[C@@H]2c2ccc(C)cc2)cc1C.COc1ccc([C@@H]2c3ccc(O)c(C)c3OC[C@@H]2c2ccc(O)cc2)cc1C.Cc1cc([C@@H]2c3ccc(O)c(C)c3OC[C@@H]2c2ccc(O)cc2)ccc1F.Cc1cc([C@@H]2c3ccc(O)c(C)c3OC[C@@H]2c2ccc(O)cc2)ccc1O. The van der Waals surface area contributed by atoms with E-state index in [9.17, 15) is 55.5 Å². The van der Waals surface area contributed by atoms with E-state index in [4.69, 9.17) is 37.9 Å². The third kappa shape index (κ3) is 20.0. The Labute approximate surface area is 811 Å². The van der Waals surface area contributed by atoms with Gasteiger partial charge in [-0.05, 0) is 275 Å². The fourth-order valence-electron chi connectivity index (χ4n) is 20.7. The summed E-state index contributed by atoms with van der Waals surface area (Å²) in [6.45, 7) is 25.8. The largest absolute Gasteiger partial charge is 0.508 e. The van der Waals surface area contributed by atoms with Crippen LogP contribution in [0.25, 0.3) is 0 Å². The van der Waals surface area contributed by atoms with Gasteiger partial charge in [-0.2, -0.15) is 0 Å². The first-order valence-electron chi connectivity index (χ1n) is 46.8. The molecule has 0 aliphatic carbocycles. The zero-order chi connectivity index (χ0) is 98.6. The topological polar surface area (TPSA) is 276 Å². The lowest BCUT2D eigenvalue weighted by molar-refractivity contribution is 0.245. The molecule has 0 saturated carbocycles. The van der Waals surface area contributed by atoms with Gasteiger partial charge in [-0.3, -0.25) is 0 Å². The molecule has 0 radical (unpaired) electrons. The zero-order valence-electron chi connectivity index (χ0n) is 80.8. The number of phenolic OH excluding ortho intramolecular Hbond substituents is 10. The molecule has 0 bridgehead atoms. The highest BCUT2D eigenvalue weighted by atomic mass is 19.1. The number of halogens is 1. The monoisotopic (exact) mass is 1870 g/mol. The van der Waals surface area contributed by atoms with Crippen LogP contribution in [0.3, 0.4) is 0 Å². The molecule has 714 valence electrons. The number of hydrogen-bond acceptors (Lipinski definition) is 18. The quantitative estimate of drug-likeness (QED) is 0.0514. The minimum atomic E-state index is -0.228. The molecule has 0 amide bonds. The van der Waals surface area contributed by atoms with E-state index in [1.54, 1.807) is 113 Å². The second-order valence-electron chi connectivity index (χ2n) is 37.1. The van der Waals surface area contributed by atoms with Gasteiger partial charge in [-0.25, -0.2) is 4.39 Å². The van der Waals surface area contributed by atoms with Crippen LogP contribution in [0, 0.1) is 88.9 Å². The van der Waals surface area contributed by atoms with Crippen LogP contribution in [0.4, 0.5) is 4.39 Å². The van der Waals surface area contributed by atoms with Crippen LogP contribution in [0.15, 0.2) is 267 Å². The third-order valence-electron chi connectivity index (χ3n) is 28.3. The van der Waals surface area contributed by atoms with Gasteiger partial charge in [0.15, 0.2) is 0 Å². The van der Waals surface area contributed by atoms with Crippen molar-refractivity contribution in [3.05, 3.63) is 423 Å². The van der Waals surface area contributed by atoms with E-state index in [1.807, 2.05) is 164 Å². The van der Waals surface area contributed by atoms with Crippen molar-refractivity contribution in [1.82, 2.24) is 0 Å². The van der Waals surface area contributed by atoms with Gasteiger partial charge in [-0.1, -0.05) is 169 Å². The number of ether oxygens (including phenoxy) is 8. The molecule has 5 aliphatic heterocycles. The number of hydrogen-bond donors (Lipinski definition) is 10. The number of phenols is 10. The fourth-order valence-corrected chi connectivity index (χ4v) is 20.7. The Morgan fingerprint density at radius 3 is 0.698 bits per heavy atom. The molecular weight excluding hydrogens is 1750 g/mol. The van der Waals surface area contributed by atoms with Crippen LogP contribution in [0.1, 0.15) is 209 Å². The molecule has 20 rings (SSSR count). The lowest BCUT2D eigenvalue weighted by Gasteiger charge is -2.36. The predicted molar refractivity (Wildman–Crippen MR) is 540 cm³/mol. The number of benzene rings is 15. The maximum atomic E-state index is 13.9. The molecule has 0 unspecified atom stereocenters. The van der Waals surface area contributed by atoms with Crippen molar-refractivity contribution < 1.29 is 93.4 Å². The van der Waals surface area contributed by atoms with Crippen LogP contribution in [0.5, 0.6) is 103 Å². The number of aromatic hydroxyl groups is 10. The van der Waals surface area contributed by atoms with Gasteiger partial charge in [0, 0.05) is 115 Å². The second-order valence-corrected chi connectivity index (χ2v) is 37.1. The molecule has 0 saturated heterocycles. The zero-order valence-corrected chi connectivity index (χ0v) is 80.8. The molecule has 5 heterocycles. The van der Waals surface area contributed by atoms with E-state index >= 15 is 0 Å². The number of methoxy groups -OCH3 is 3. The first-order chi connectivity index (χ1) is 66.8. The number of fused-ring (bicyclic) bond motifs is 5. The molecule has 0 spiro atoms. The number of aryl methyl sites for hydroxylation is 7. The van der Waals surface area contributed by atoms with Crippen molar-refractivity contribution in [3.63, 3.8) is 0 Å². The summed E-state index contributed by atoms with van der Waals surface area (Å²) in [4.78, 5) is 0. The highest BCUT2D eigenvalue weighted by molar-refractivity contribution is 5.64. The standard InChI is InChI=1S/C25H26O4.C25H26O3.C24H24O4.C23H21FO3.C23H22O4/c1-14-11-18(12-15(2)24(14)28-4)23-20-9-10-22(27)16(3)25(20)29-13-21(23)17-5-7-19(26)8-6-17;1-15-5-7-18(8-6-15)21-14-28-25-17(3)22(26)11-10-20(25)24(21)19-9-12-23(27-4)16(2)13-19;1-14-12-17(6-11-22(14)27-3)23-19-9-10-21(26)15(2)24(19)28-13-20(23)16-4-7-18(25)8-5-16;1-13-11-16(5-9-20(13)24)22-18-8-10-21(26)14(2)23(18)27-12-19(22)15-3-6-17(25)7-4-15;1-13-11-16(5-9-20(13)25)22-18-8-10-21(26)14(2)23(18)27-12-19(22)15-3-6-17(24)7-4-15/h5-12,21,23,26-27H,13H2,1-4H3;5-13,21,24,26H,14H2,1-4H3;4-12,20,23,25-26H,13H2,1-3H3;3-11,19,22,25-26H,12H2,1-2H3;3-11,19,22,24-26H,12H2,1-2H3/t21-,23-;21-,24-;20-,23-;2*19-,22-/m11111/s1. The molecule has 0 aromatic heterocycles. The van der Waals surface area contributed by atoms with Gasteiger partial charge in [-0.15, -0.1) is 0 Å². The summed E-state index contributed by atoms with van der Waals surface area (Å²) >= 11 is 0. The molecule has 18 nitrogen and oxygen atoms in total. The van der Waals surface area contributed by atoms with Crippen molar-refractivity contribution in [1.29, 1.82) is 0 Å². The first-order valence-corrected chi connectivity index (χ1v) is 46.8. The van der Waals surface area contributed by atoms with Crippen molar-refractivity contribution in [3.8, 4) is 103 Å². The van der Waals surface area contributed by atoms with Gasteiger partial charge >= 0.3 is 0 Å². The Kier molecular flexibility index (Phi) is 28.7. The molecule has 10 N–H and O–H groups in total. The summed E-state index contributed by atoms with van der Waals surface area (Å²) in [5, 5.41) is 99.2. The van der Waals surface area contributed by atoms with E-state index in [0.29, 0.717) is 49.9 Å². The van der Waals surface area contributed by atoms with Crippen LogP contribution in [-0.4, -0.2) is 105 Å². The minimum Gasteiger partial charge on any atom is -0.508 e. The van der Waals surface area contributed by atoms with Gasteiger partial charge in [0.1, 0.15) is 109 Å². The molecule has 19 heteroatoms. The average Bonchev–Trinajstić information content (AvgIpc) is 0.757. The summed E-state index contributed by atoms with van der Waals surface area (Å²) in [7, 11) is 5.08. The molecule has 15 aromatic carbocycles. The molecule has 10 atom stereocenters. The summed E-state index contributed by atoms with van der Waals surface area (Å²) in [6, 6.07) is 84.0. The van der Waals surface area contributed by atoms with E-state index in [0.717, 1.165) is 152 Å². The molecule has 0 fully saturated rings. The summed E-state index contributed by atoms with van der Waals surface area (Å²) in [5.74, 6) is 9.23. The van der Waals surface area contributed by atoms with E-state index in [1.165, 1.54) is 33.9 Å². The smallest absolute Gasteiger partial charge is 0.129 e. The fraction of sp³-hybridized carbons (Fsp3) is 0.250. The van der Waals surface area contributed by atoms with Crippen LogP contribution in [-0.2, 0) is 0 Å². The van der Waals surface area contributed by atoms with Crippen molar-refractivity contribution in [2.45, 2.75) is 142 Å². The van der Waals surface area contributed by atoms with Gasteiger partial charge < -0.3 is 89.0 Å². The number of rotatable bonds is 13. The van der Waals surface area contributed by atoms with Gasteiger partial charge in [0.25, 0.3) is 0 Å². The van der Waals surface area contributed by atoms with Crippen LogP contribution < -0.4 is 37.9 Å². The normalized spacial score (nSPS) is 18.4. The highest BCUT2D eigenvalue weighted by Crippen LogP contribution is 2.56. The van der Waals surface area contributed by atoms with Crippen molar-refractivity contribution >= 4 is 0 Å². The lowest BCUT2D eigenvalue weighted by atomic mass is 9.74. The maximum Gasteiger partial charge on any atom is 0.129 e. The van der Waals surface area contributed by atoms with Crippen molar-refractivity contribution in [2.75, 3.05) is 54.4 Å². The van der Waals surface area contributed by atoms with E-state index < -0.39 is 0 Å². The van der Waals surface area contributed by atoms with E-state index in [2.05, 4.69) is 88.4 Å². The predicted octanol–water partition coefficient (Wildman–Crippen LogP) is 25.9. The average molecular weight is 1870 g/mol. The summed E-state index contributed by atoms with van der Waals surface area (Å²) in [6.07, 6.45) is 0. The highest BCUT2D eigenvalue weighted by Gasteiger charge is 2.42. The minimum absolute atomic E-state index is 0.00639. The lowest BCUT2D eigenvalue weighted by Crippen LogP contribution is -2.26. The van der Waals surface area contributed by atoms with Crippen molar-refractivity contribution in [2.24, 2.45) is 0 Å². The molecule has 5 aliphatic rings. The third-order valence-corrected chi connectivity index (χ3v) is 28.3.